The molecule has 0 fully saturated rings. The van der Waals surface area contributed by atoms with E-state index in [0.717, 1.165) is 11.3 Å². The lowest BCUT2D eigenvalue weighted by Gasteiger charge is -2.03. The summed E-state index contributed by atoms with van der Waals surface area (Å²) in [6, 6.07) is 8.81. The molecule has 0 radical (unpaired) electrons. The monoisotopic (exact) mass is 248 g/mol. The van der Waals surface area contributed by atoms with Gasteiger partial charge in [-0.3, -0.25) is 4.79 Å². The van der Waals surface area contributed by atoms with E-state index in [9.17, 15) is 4.79 Å². The summed E-state index contributed by atoms with van der Waals surface area (Å²) in [5.74, 6) is 0.763. The molecule has 2 aromatic rings. The van der Waals surface area contributed by atoms with Crippen molar-refractivity contribution in [1.82, 2.24) is 0 Å². The second kappa shape index (κ2) is 5.10. The SMILES string of the molecule is COc1ccc(-c2coc(SC)cc2=O)cc1. The minimum Gasteiger partial charge on any atom is -0.497 e. The van der Waals surface area contributed by atoms with Crippen molar-refractivity contribution in [3.63, 3.8) is 0 Å². The van der Waals surface area contributed by atoms with E-state index < -0.39 is 0 Å². The Kier molecular flexibility index (Phi) is 3.54. The van der Waals surface area contributed by atoms with Crippen LogP contribution < -0.4 is 10.2 Å². The lowest BCUT2D eigenvalue weighted by Crippen LogP contribution is -2.02. The van der Waals surface area contributed by atoms with Crippen molar-refractivity contribution in [2.75, 3.05) is 13.4 Å². The third-order valence-electron chi connectivity index (χ3n) is 2.41. The van der Waals surface area contributed by atoms with Crippen molar-refractivity contribution >= 4 is 11.8 Å². The lowest BCUT2D eigenvalue weighted by molar-refractivity contribution is 0.415. The maximum Gasteiger partial charge on any atom is 0.193 e. The summed E-state index contributed by atoms with van der Waals surface area (Å²) in [6.07, 6.45) is 3.36. The quantitative estimate of drug-likeness (QED) is 0.783. The van der Waals surface area contributed by atoms with Crippen LogP contribution in [0.5, 0.6) is 5.75 Å². The zero-order valence-corrected chi connectivity index (χ0v) is 10.4. The molecule has 0 spiro atoms. The Hall–Kier alpha value is -1.68. The van der Waals surface area contributed by atoms with Gasteiger partial charge in [0, 0.05) is 6.07 Å². The van der Waals surface area contributed by atoms with Crippen LogP contribution in [-0.2, 0) is 0 Å². The van der Waals surface area contributed by atoms with Crippen LogP contribution in [0.25, 0.3) is 11.1 Å². The third-order valence-corrected chi connectivity index (χ3v) is 3.03. The summed E-state index contributed by atoms with van der Waals surface area (Å²) in [7, 11) is 1.61. The first kappa shape index (κ1) is 11.8. The van der Waals surface area contributed by atoms with Crippen LogP contribution in [0.1, 0.15) is 0 Å². The molecule has 0 amide bonds. The van der Waals surface area contributed by atoms with Crippen molar-refractivity contribution < 1.29 is 9.15 Å². The van der Waals surface area contributed by atoms with Gasteiger partial charge in [-0.1, -0.05) is 23.9 Å². The van der Waals surface area contributed by atoms with E-state index in [1.165, 1.54) is 24.1 Å². The third kappa shape index (κ3) is 2.53. The molecule has 0 bridgehead atoms. The van der Waals surface area contributed by atoms with Gasteiger partial charge in [-0.05, 0) is 24.0 Å². The fraction of sp³-hybridized carbons (Fsp3) is 0.154. The summed E-state index contributed by atoms with van der Waals surface area (Å²) in [5.41, 5.74) is 1.35. The topological polar surface area (TPSA) is 39.4 Å². The highest BCUT2D eigenvalue weighted by atomic mass is 32.2. The highest BCUT2D eigenvalue weighted by molar-refractivity contribution is 7.98. The number of hydrogen-bond donors (Lipinski definition) is 0. The van der Waals surface area contributed by atoms with Crippen LogP contribution in [0.15, 0.2) is 50.9 Å². The maximum absolute atomic E-state index is 11.8. The van der Waals surface area contributed by atoms with Crippen LogP contribution in [0, 0.1) is 0 Å². The highest BCUT2D eigenvalue weighted by Gasteiger charge is 2.05. The van der Waals surface area contributed by atoms with Gasteiger partial charge in [0.05, 0.1) is 12.7 Å². The van der Waals surface area contributed by atoms with E-state index in [-0.39, 0.29) is 5.43 Å². The Balaban J connectivity index is 2.42. The van der Waals surface area contributed by atoms with E-state index in [2.05, 4.69) is 0 Å². The predicted molar refractivity (Wildman–Crippen MR) is 68.7 cm³/mol. The molecule has 0 saturated heterocycles. The molecule has 4 heteroatoms. The van der Waals surface area contributed by atoms with Gasteiger partial charge in [-0.15, -0.1) is 0 Å². The van der Waals surface area contributed by atoms with E-state index in [4.69, 9.17) is 9.15 Å². The van der Waals surface area contributed by atoms with Gasteiger partial charge in [0.25, 0.3) is 0 Å². The van der Waals surface area contributed by atoms with E-state index in [1.807, 2.05) is 30.5 Å². The van der Waals surface area contributed by atoms with Crippen LogP contribution in [0.4, 0.5) is 0 Å². The van der Waals surface area contributed by atoms with Crippen molar-refractivity contribution in [1.29, 1.82) is 0 Å². The zero-order valence-electron chi connectivity index (χ0n) is 9.60. The molecular weight excluding hydrogens is 236 g/mol. The first-order valence-electron chi connectivity index (χ1n) is 5.06. The lowest BCUT2D eigenvalue weighted by atomic mass is 10.1. The van der Waals surface area contributed by atoms with Crippen LogP contribution in [0.3, 0.4) is 0 Å². The number of thioether (sulfide) groups is 1. The molecule has 0 unspecified atom stereocenters. The minimum absolute atomic E-state index is 0.0363. The van der Waals surface area contributed by atoms with Crippen molar-refractivity contribution in [2.24, 2.45) is 0 Å². The second-order valence-corrected chi connectivity index (χ2v) is 4.22. The maximum atomic E-state index is 11.8. The molecule has 2 rings (SSSR count). The minimum atomic E-state index is -0.0363. The number of benzene rings is 1. The van der Waals surface area contributed by atoms with Gasteiger partial charge in [0.2, 0.25) is 0 Å². The van der Waals surface area contributed by atoms with E-state index in [0.29, 0.717) is 10.7 Å². The molecule has 0 aliphatic carbocycles. The first-order chi connectivity index (χ1) is 8.24. The first-order valence-corrected chi connectivity index (χ1v) is 6.28. The number of hydrogen-bond acceptors (Lipinski definition) is 4. The fourth-order valence-electron chi connectivity index (χ4n) is 1.48. The van der Waals surface area contributed by atoms with Gasteiger partial charge >= 0.3 is 0 Å². The van der Waals surface area contributed by atoms with Gasteiger partial charge in [-0.2, -0.15) is 0 Å². The molecule has 0 aliphatic heterocycles. The number of ether oxygens (including phenoxy) is 1. The summed E-state index contributed by atoms with van der Waals surface area (Å²) in [6.45, 7) is 0. The fourth-order valence-corrected chi connectivity index (χ4v) is 1.85. The molecular formula is C13H12O3S. The van der Waals surface area contributed by atoms with Crippen molar-refractivity contribution in [2.45, 2.75) is 5.09 Å². The average molecular weight is 248 g/mol. The number of methoxy groups -OCH3 is 1. The Bertz CT molecular complexity index is 558. The van der Waals surface area contributed by atoms with Crippen molar-refractivity contribution in [3.8, 4) is 16.9 Å². The Morgan fingerprint density at radius 3 is 2.47 bits per heavy atom. The van der Waals surface area contributed by atoms with Gasteiger partial charge in [0.15, 0.2) is 10.5 Å². The van der Waals surface area contributed by atoms with Crippen LogP contribution >= 0.6 is 11.8 Å². The summed E-state index contributed by atoms with van der Waals surface area (Å²) in [5, 5.41) is 0.618. The second-order valence-electron chi connectivity index (χ2n) is 3.41. The molecule has 3 nitrogen and oxygen atoms in total. The highest BCUT2D eigenvalue weighted by Crippen LogP contribution is 2.21. The summed E-state index contributed by atoms with van der Waals surface area (Å²) >= 11 is 1.41. The standard InChI is InChI=1S/C13H12O3S/c1-15-10-5-3-9(4-6-10)11-8-16-13(17-2)7-12(11)14/h3-8H,1-2H3. The molecule has 0 saturated carbocycles. The molecule has 0 N–H and O–H groups in total. The molecule has 1 aromatic heterocycles. The Morgan fingerprint density at radius 1 is 1.24 bits per heavy atom. The Morgan fingerprint density at radius 2 is 1.94 bits per heavy atom. The van der Waals surface area contributed by atoms with Crippen LogP contribution in [0.2, 0.25) is 0 Å². The van der Waals surface area contributed by atoms with Gasteiger partial charge < -0.3 is 9.15 Å². The normalized spacial score (nSPS) is 10.2. The molecule has 0 atom stereocenters. The average Bonchev–Trinajstić information content (AvgIpc) is 2.39. The zero-order chi connectivity index (χ0) is 12.3. The van der Waals surface area contributed by atoms with Crippen molar-refractivity contribution in [3.05, 3.63) is 46.8 Å². The molecule has 17 heavy (non-hydrogen) atoms. The smallest absolute Gasteiger partial charge is 0.193 e. The molecule has 1 aromatic carbocycles. The van der Waals surface area contributed by atoms with Crippen LogP contribution in [-0.4, -0.2) is 13.4 Å². The van der Waals surface area contributed by atoms with E-state index >= 15 is 0 Å². The van der Waals surface area contributed by atoms with Gasteiger partial charge in [-0.25, -0.2) is 0 Å². The van der Waals surface area contributed by atoms with E-state index in [1.54, 1.807) is 7.11 Å². The molecule has 88 valence electrons. The predicted octanol–water partition coefficient (Wildman–Crippen LogP) is 3.04. The summed E-state index contributed by atoms with van der Waals surface area (Å²) < 4.78 is 10.4. The Labute approximate surface area is 103 Å². The summed E-state index contributed by atoms with van der Waals surface area (Å²) in [4.78, 5) is 11.8. The molecule has 1 heterocycles. The number of rotatable bonds is 3. The van der Waals surface area contributed by atoms with Gasteiger partial charge in [0.1, 0.15) is 12.0 Å². The molecule has 0 aliphatic rings. The largest absolute Gasteiger partial charge is 0.497 e.